The van der Waals surface area contributed by atoms with Crippen molar-refractivity contribution in [2.75, 3.05) is 20.3 Å². The number of ether oxygens (including phenoxy) is 2. The van der Waals surface area contributed by atoms with Crippen LogP contribution in [-0.4, -0.2) is 53.0 Å². The van der Waals surface area contributed by atoms with Gasteiger partial charge in [-0.05, 0) is 32.0 Å². The lowest BCUT2D eigenvalue weighted by Crippen LogP contribution is -2.33. The van der Waals surface area contributed by atoms with Crippen molar-refractivity contribution >= 4 is 23.1 Å². The summed E-state index contributed by atoms with van der Waals surface area (Å²) in [6, 6.07) is 11.2. The largest absolute Gasteiger partial charge is 0.507 e. The van der Waals surface area contributed by atoms with Crippen LogP contribution in [0, 0.1) is 10.1 Å². The Bertz CT molecular complexity index is 1060. The minimum absolute atomic E-state index is 0.111. The van der Waals surface area contributed by atoms with Gasteiger partial charge in [0, 0.05) is 36.9 Å². The van der Waals surface area contributed by atoms with Crippen LogP contribution in [-0.2, 0) is 14.3 Å². The van der Waals surface area contributed by atoms with Crippen LogP contribution in [0.1, 0.15) is 31.0 Å². The standard InChI is InChI=1S/C23H24N2O7/c1-14(2)32-18-7-5-4-6-17(18)20-19(22(27)23(28)24(20)12-13-31-3)21(26)15-8-10-16(11-9-15)25(29)30/h4-11,14,20,26H,12-13H2,1-3H3/b21-19-. The van der Waals surface area contributed by atoms with Gasteiger partial charge in [-0.1, -0.05) is 18.2 Å². The number of Topliss-reactive ketones (excluding diaryl/α,β-unsaturated/α-hetero) is 1. The second kappa shape index (κ2) is 9.61. The Balaban J connectivity index is 2.18. The predicted molar refractivity (Wildman–Crippen MR) is 116 cm³/mol. The fraction of sp³-hybridized carbons (Fsp3) is 0.304. The number of nitro groups is 1. The first-order chi connectivity index (χ1) is 15.3. The Kier molecular flexibility index (Phi) is 6.89. The molecule has 0 radical (unpaired) electrons. The zero-order valence-electron chi connectivity index (χ0n) is 18.0. The Morgan fingerprint density at radius 1 is 1.16 bits per heavy atom. The summed E-state index contributed by atoms with van der Waals surface area (Å²) in [5.41, 5.74) is 0.460. The van der Waals surface area contributed by atoms with E-state index in [1.165, 1.54) is 36.3 Å². The molecule has 1 N–H and O–H groups in total. The van der Waals surface area contributed by atoms with E-state index in [1.54, 1.807) is 24.3 Å². The summed E-state index contributed by atoms with van der Waals surface area (Å²) in [7, 11) is 1.48. The maximum atomic E-state index is 13.0. The van der Waals surface area contributed by atoms with Crippen LogP contribution in [0.2, 0.25) is 0 Å². The number of methoxy groups -OCH3 is 1. The number of hydrogen-bond donors (Lipinski definition) is 1. The van der Waals surface area contributed by atoms with E-state index in [1.807, 2.05) is 13.8 Å². The van der Waals surface area contributed by atoms with Crippen LogP contribution in [0.5, 0.6) is 5.75 Å². The fourth-order valence-electron chi connectivity index (χ4n) is 3.59. The molecule has 2 aromatic carbocycles. The number of rotatable bonds is 8. The number of hydrogen-bond acceptors (Lipinski definition) is 7. The van der Waals surface area contributed by atoms with Crippen LogP contribution in [0.4, 0.5) is 5.69 Å². The van der Waals surface area contributed by atoms with Gasteiger partial charge >= 0.3 is 0 Å². The summed E-state index contributed by atoms with van der Waals surface area (Å²) in [4.78, 5) is 37.6. The average Bonchev–Trinajstić information content (AvgIpc) is 3.01. The maximum Gasteiger partial charge on any atom is 0.295 e. The number of aliphatic hydroxyl groups excluding tert-OH is 1. The molecule has 0 bridgehead atoms. The average molecular weight is 440 g/mol. The zero-order chi connectivity index (χ0) is 23.4. The van der Waals surface area contributed by atoms with Gasteiger partial charge in [0.2, 0.25) is 0 Å². The molecular formula is C23H24N2O7. The highest BCUT2D eigenvalue weighted by Gasteiger charge is 2.46. The molecule has 168 valence electrons. The molecule has 1 unspecified atom stereocenters. The van der Waals surface area contributed by atoms with Gasteiger partial charge in [0.1, 0.15) is 11.5 Å². The number of nitrogens with zero attached hydrogens (tertiary/aromatic N) is 2. The summed E-state index contributed by atoms with van der Waals surface area (Å²) in [5.74, 6) is -1.55. The minimum atomic E-state index is -0.907. The number of amides is 1. The molecule has 1 aliphatic heterocycles. The lowest BCUT2D eigenvalue weighted by atomic mass is 9.94. The molecule has 0 aliphatic carbocycles. The lowest BCUT2D eigenvalue weighted by Gasteiger charge is -2.27. The van der Waals surface area contributed by atoms with Crippen molar-refractivity contribution in [2.45, 2.75) is 26.0 Å². The van der Waals surface area contributed by atoms with Crippen LogP contribution in [0.15, 0.2) is 54.1 Å². The molecule has 1 heterocycles. The molecule has 9 nitrogen and oxygen atoms in total. The van der Waals surface area contributed by atoms with E-state index in [0.29, 0.717) is 11.3 Å². The van der Waals surface area contributed by atoms with Gasteiger partial charge in [-0.3, -0.25) is 19.7 Å². The number of para-hydroxylation sites is 1. The maximum absolute atomic E-state index is 13.0. The monoisotopic (exact) mass is 440 g/mol. The Morgan fingerprint density at radius 2 is 1.81 bits per heavy atom. The van der Waals surface area contributed by atoms with Crippen molar-refractivity contribution in [2.24, 2.45) is 0 Å². The number of benzene rings is 2. The molecule has 1 aliphatic rings. The van der Waals surface area contributed by atoms with E-state index >= 15 is 0 Å². The van der Waals surface area contributed by atoms with Crippen LogP contribution < -0.4 is 4.74 Å². The lowest BCUT2D eigenvalue weighted by molar-refractivity contribution is -0.384. The van der Waals surface area contributed by atoms with Crippen molar-refractivity contribution in [3.8, 4) is 5.75 Å². The van der Waals surface area contributed by atoms with Crippen molar-refractivity contribution in [3.05, 3.63) is 75.3 Å². The third kappa shape index (κ3) is 4.47. The van der Waals surface area contributed by atoms with Crippen molar-refractivity contribution in [1.29, 1.82) is 0 Å². The summed E-state index contributed by atoms with van der Waals surface area (Å²) < 4.78 is 11.0. The second-order valence-electron chi connectivity index (χ2n) is 7.49. The molecule has 0 saturated carbocycles. The number of aliphatic hydroxyl groups is 1. The Labute approximate surface area is 185 Å². The second-order valence-corrected chi connectivity index (χ2v) is 7.49. The quantitative estimate of drug-likeness (QED) is 0.219. The van der Waals surface area contributed by atoms with Crippen molar-refractivity contribution in [1.82, 2.24) is 4.90 Å². The molecule has 1 saturated heterocycles. The number of nitro benzene ring substituents is 1. The van der Waals surface area contributed by atoms with Crippen molar-refractivity contribution in [3.63, 3.8) is 0 Å². The van der Waals surface area contributed by atoms with Gasteiger partial charge in [-0.25, -0.2) is 0 Å². The highest BCUT2D eigenvalue weighted by Crippen LogP contribution is 2.42. The third-order valence-electron chi connectivity index (χ3n) is 5.00. The van der Waals surface area contributed by atoms with E-state index in [0.717, 1.165) is 0 Å². The van der Waals surface area contributed by atoms with Gasteiger partial charge in [-0.2, -0.15) is 0 Å². The normalized spacial score (nSPS) is 17.8. The van der Waals surface area contributed by atoms with Crippen LogP contribution >= 0.6 is 0 Å². The minimum Gasteiger partial charge on any atom is -0.507 e. The van der Waals surface area contributed by atoms with Gasteiger partial charge in [-0.15, -0.1) is 0 Å². The first kappa shape index (κ1) is 23.0. The summed E-state index contributed by atoms with van der Waals surface area (Å²) >= 11 is 0. The van der Waals surface area contributed by atoms with E-state index < -0.39 is 28.4 Å². The fourth-order valence-corrected chi connectivity index (χ4v) is 3.59. The number of carbonyl (C=O) groups excluding carboxylic acids is 2. The highest BCUT2D eigenvalue weighted by molar-refractivity contribution is 6.46. The summed E-state index contributed by atoms with van der Waals surface area (Å²) in [6.07, 6.45) is -0.160. The van der Waals surface area contributed by atoms with Crippen LogP contribution in [0.3, 0.4) is 0 Å². The van der Waals surface area contributed by atoms with Gasteiger partial charge < -0.3 is 19.5 Å². The van der Waals surface area contributed by atoms with Gasteiger partial charge in [0.05, 0.1) is 29.2 Å². The summed E-state index contributed by atoms with van der Waals surface area (Å²) in [5, 5.41) is 22.0. The SMILES string of the molecule is COCCN1C(=O)C(=O)/C(=C(\O)c2ccc([N+](=O)[O-])cc2)C1c1ccccc1OC(C)C. The zero-order valence-corrected chi connectivity index (χ0v) is 18.0. The molecule has 32 heavy (non-hydrogen) atoms. The molecule has 2 aromatic rings. The molecule has 0 aromatic heterocycles. The van der Waals surface area contributed by atoms with Gasteiger partial charge in [0.15, 0.2) is 0 Å². The van der Waals surface area contributed by atoms with E-state index in [4.69, 9.17) is 9.47 Å². The molecular weight excluding hydrogens is 416 g/mol. The Morgan fingerprint density at radius 3 is 2.41 bits per heavy atom. The summed E-state index contributed by atoms with van der Waals surface area (Å²) in [6.45, 7) is 4.03. The first-order valence-corrected chi connectivity index (χ1v) is 10.0. The number of likely N-dealkylation sites (tertiary alicyclic amines) is 1. The molecule has 0 spiro atoms. The predicted octanol–water partition coefficient (Wildman–Crippen LogP) is 3.45. The van der Waals surface area contributed by atoms with E-state index in [2.05, 4.69) is 0 Å². The van der Waals surface area contributed by atoms with E-state index in [9.17, 15) is 24.8 Å². The van der Waals surface area contributed by atoms with Crippen LogP contribution in [0.25, 0.3) is 5.76 Å². The highest BCUT2D eigenvalue weighted by atomic mass is 16.6. The van der Waals surface area contributed by atoms with Gasteiger partial charge in [0.25, 0.3) is 17.4 Å². The molecule has 1 amide bonds. The third-order valence-corrected chi connectivity index (χ3v) is 5.00. The molecule has 3 rings (SSSR count). The van der Waals surface area contributed by atoms with E-state index in [-0.39, 0.29) is 36.1 Å². The number of ketones is 1. The number of carbonyl (C=O) groups is 2. The topological polar surface area (TPSA) is 119 Å². The number of non-ortho nitro benzene ring substituents is 1. The smallest absolute Gasteiger partial charge is 0.295 e. The van der Waals surface area contributed by atoms with Crippen molar-refractivity contribution < 1.29 is 29.1 Å². The Hall–Kier alpha value is -3.72. The molecule has 1 atom stereocenters. The molecule has 1 fully saturated rings. The first-order valence-electron chi connectivity index (χ1n) is 10.0. The molecule has 9 heteroatoms.